The van der Waals surface area contributed by atoms with E-state index >= 15 is 0 Å². The highest BCUT2D eigenvalue weighted by atomic mass is 16.5. The summed E-state index contributed by atoms with van der Waals surface area (Å²) in [5.41, 5.74) is 0. The number of fused-ring (bicyclic) bond motifs is 1. The fourth-order valence-corrected chi connectivity index (χ4v) is 1.96. The molecule has 0 unspecified atom stereocenters. The lowest BCUT2D eigenvalue weighted by molar-refractivity contribution is 0.275. The maximum atomic E-state index is 5.81. The van der Waals surface area contributed by atoms with Crippen LogP contribution in [0.2, 0.25) is 0 Å². The van der Waals surface area contributed by atoms with Crippen LogP contribution in [0.5, 0.6) is 11.5 Å². The number of rotatable bonds is 6. The van der Waals surface area contributed by atoms with Gasteiger partial charge in [0.1, 0.15) is 0 Å². The molecule has 0 spiro atoms. The number of hydrogen-bond donors (Lipinski definition) is 0. The highest BCUT2D eigenvalue weighted by Gasteiger charge is 2.09. The smallest absolute Gasteiger partial charge is 0.168 e. The summed E-state index contributed by atoms with van der Waals surface area (Å²) >= 11 is 0. The molecule has 96 valence electrons. The summed E-state index contributed by atoms with van der Waals surface area (Å²) in [6.07, 6.45) is 2.20. The second-order valence-corrected chi connectivity index (χ2v) is 4.25. The second kappa shape index (κ2) is 6.29. The van der Waals surface area contributed by atoms with Gasteiger partial charge in [-0.25, -0.2) is 0 Å². The summed E-state index contributed by atoms with van der Waals surface area (Å²) in [6, 6.07) is 12.3. The normalized spacial score (nSPS) is 10.6. The Morgan fingerprint density at radius 3 is 2.56 bits per heavy atom. The van der Waals surface area contributed by atoms with Crippen LogP contribution in [0.1, 0.15) is 26.7 Å². The van der Waals surface area contributed by atoms with Crippen molar-refractivity contribution in [3.05, 3.63) is 36.4 Å². The molecule has 2 aromatic rings. The summed E-state index contributed by atoms with van der Waals surface area (Å²) in [4.78, 5) is 0. The molecule has 0 fully saturated rings. The molecule has 0 bridgehead atoms. The summed E-state index contributed by atoms with van der Waals surface area (Å²) in [5, 5.41) is 2.30. The maximum Gasteiger partial charge on any atom is 0.168 e. The average Bonchev–Trinajstić information content (AvgIpc) is 2.41. The van der Waals surface area contributed by atoms with Crippen molar-refractivity contribution in [1.29, 1.82) is 0 Å². The lowest BCUT2D eigenvalue weighted by Gasteiger charge is -2.14. The molecule has 0 radical (unpaired) electrons. The molecule has 0 aliphatic carbocycles. The van der Waals surface area contributed by atoms with Gasteiger partial charge in [-0.3, -0.25) is 0 Å². The lowest BCUT2D eigenvalue weighted by Crippen LogP contribution is -2.01. The molecule has 0 saturated carbocycles. The predicted molar refractivity (Wildman–Crippen MR) is 75.5 cm³/mol. The SMILES string of the molecule is CCCCOc1ccc2ccccc2c1OCC. The van der Waals surface area contributed by atoms with E-state index in [0.29, 0.717) is 6.61 Å². The van der Waals surface area contributed by atoms with Crippen LogP contribution < -0.4 is 9.47 Å². The zero-order valence-electron chi connectivity index (χ0n) is 11.1. The van der Waals surface area contributed by atoms with Gasteiger partial charge in [0, 0.05) is 5.39 Å². The van der Waals surface area contributed by atoms with Crippen LogP contribution in [0, 0.1) is 0 Å². The maximum absolute atomic E-state index is 5.81. The Kier molecular flexibility index (Phi) is 4.46. The molecule has 0 N–H and O–H groups in total. The zero-order chi connectivity index (χ0) is 12.8. The highest BCUT2D eigenvalue weighted by molar-refractivity contribution is 5.90. The van der Waals surface area contributed by atoms with Gasteiger partial charge >= 0.3 is 0 Å². The molecule has 0 amide bonds. The molecule has 0 atom stereocenters. The van der Waals surface area contributed by atoms with Gasteiger partial charge in [0.15, 0.2) is 11.5 Å². The Balaban J connectivity index is 2.35. The number of benzene rings is 2. The van der Waals surface area contributed by atoms with Crippen LogP contribution in [0.25, 0.3) is 10.8 Å². The number of unbranched alkanes of at least 4 members (excludes halogenated alkanes) is 1. The van der Waals surface area contributed by atoms with E-state index in [1.165, 1.54) is 5.39 Å². The first kappa shape index (κ1) is 12.7. The zero-order valence-corrected chi connectivity index (χ0v) is 11.1. The minimum atomic E-state index is 0.651. The van der Waals surface area contributed by atoms with Gasteiger partial charge in [-0.05, 0) is 24.8 Å². The molecule has 0 heterocycles. The van der Waals surface area contributed by atoms with Gasteiger partial charge in [-0.1, -0.05) is 43.7 Å². The summed E-state index contributed by atoms with van der Waals surface area (Å²) in [5.74, 6) is 1.72. The van der Waals surface area contributed by atoms with Gasteiger partial charge in [0.05, 0.1) is 13.2 Å². The van der Waals surface area contributed by atoms with Gasteiger partial charge in [0.25, 0.3) is 0 Å². The minimum absolute atomic E-state index is 0.651. The third-order valence-corrected chi connectivity index (χ3v) is 2.89. The van der Waals surface area contributed by atoms with E-state index in [-0.39, 0.29) is 0 Å². The van der Waals surface area contributed by atoms with Crippen LogP contribution >= 0.6 is 0 Å². The molecule has 0 aromatic heterocycles. The predicted octanol–water partition coefficient (Wildman–Crippen LogP) is 4.42. The van der Waals surface area contributed by atoms with Gasteiger partial charge in [0.2, 0.25) is 0 Å². The van der Waals surface area contributed by atoms with Crippen molar-refractivity contribution in [2.45, 2.75) is 26.7 Å². The molecule has 2 aromatic carbocycles. The van der Waals surface area contributed by atoms with E-state index < -0.39 is 0 Å². The molecule has 18 heavy (non-hydrogen) atoms. The summed E-state index contributed by atoms with van der Waals surface area (Å²) in [6.45, 7) is 5.55. The first-order valence-electron chi connectivity index (χ1n) is 6.64. The third kappa shape index (κ3) is 2.76. The van der Waals surface area contributed by atoms with Crippen molar-refractivity contribution >= 4 is 10.8 Å². The van der Waals surface area contributed by atoms with E-state index in [1.54, 1.807) is 0 Å². The summed E-state index contributed by atoms with van der Waals surface area (Å²) < 4.78 is 11.6. The van der Waals surface area contributed by atoms with E-state index in [0.717, 1.165) is 36.3 Å². The first-order valence-corrected chi connectivity index (χ1v) is 6.64. The Bertz CT molecular complexity index is 505. The third-order valence-electron chi connectivity index (χ3n) is 2.89. The quantitative estimate of drug-likeness (QED) is 0.700. The molecule has 2 nitrogen and oxygen atoms in total. The lowest BCUT2D eigenvalue weighted by atomic mass is 10.1. The average molecular weight is 244 g/mol. The van der Waals surface area contributed by atoms with E-state index in [1.807, 2.05) is 25.1 Å². The Labute approximate surface area is 109 Å². The van der Waals surface area contributed by atoms with Crippen LogP contribution in [-0.4, -0.2) is 13.2 Å². The summed E-state index contributed by atoms with van der Waals surface area (Å²) in [7, 11) is 0. The van der Waals surface area contributed by atoms with Crippen LogP contribution in [-0.2, 0) is 0 Å². The molecular weight excluding hydrogens is 224 g/mol. The second-order valence-electron chi connectivity index (χ2n) is 4.25. The molecule has 0 saturated heterocycles. The van der Waals surface area contributed by atoms with Crippen molar-refractivity contribution in [3.8, 4) is 11.5 Å². The van der Waals surface area contributed by atoms with E-state index in [2.05, 4.69) is 25.1 Å². The Hall–Kier alpha value is -1.70. The van der Waals surface area contributed by atoms with Crippen molar-refractivity contribution in [2.75, 3.05) is 13.2 Å². The van der Waals surface area contributed by atoms with E-state index in [4.69, 9.17) is 9.47 Å². The Morgan fingerprint density at radius 1 is 0.944 bits per heavy atom. The Morgan fingerprint density at radius 2 is 1.78 bits per heavy atom. The van der Waals surface area contributed by atoms with Gasteiger partial charge in [-0.15, -0.1) is 0 Å². The number of ether oxygens (including phenoxy) is 2. The molecule has 0 aliphatic rings. The monoisotopic (exact) mass is 244 g/mol. The topological polar surface area (TPSA) is 18.5 Å². The largest absolute Gasteiger partial charge is 0.490 e. The van der Waals surface area contributed by atoms with Crippen molar-refractivity contribution in [3.63, 3.8) is 0 Å². The first-order chi connectivity index (χ1) is 8.86. The van der Waals surface area contributed by atoms with Crippen molar-refractivity contribution in [2.24, 2.45) is 0 Å². The van der Waals surface area contributed by atoms with E-state index in [9.17, 15) is 0 Å². The van der Waals surface area contributed by atoms with Gasteiger partial charge in [-0.2, -0.15) is 0 Å². The minimum Gasteiger partial charge on any atom is -0.490 e. The van der Waals surface area contributed by atoms with Crippen molar-refractivity contribution in [1.82, 2.24) is 0 Å². The highest BCUT2D eigenvalue weighted by Crippen LogP contribution is 2.35. The van der Waals surface area contributed by atoms with Crippen LogP contribution in [0.3, 0.4) is 0 Å². The molecule has 2 rings (SSSR count). The number of hydrogen-bond acceptors (Lipinski definition) is 2. The van der Waals surface area contributed by atoms with Gasteiger partial charge < -0.3 is 9.47 Å². The molecule has 2 heteroatoms. The van der Waals surface area contributed by atoms with Crippen molar-refractivity contribution < 1.29 is 9.47 Å². The molecular formula is C16H20O2. The van der Waals surface area contributed by atoms with Crippen LogP contribution in [0.4, 0.5) is 0 Å². The molecule has 0 aliphatic heterocycles. The fraction of sp³-hybridized carbons (Fsp3) is 0.375. The fourth-order valence-electron chi connectivity index (χ4n) is 1.96. The standard InChI is InChI=1S/C16H20O2/c1-3-5-12-18-15-11-10-13-8-6-7-9-14(13)16(15)17-4-2/h6-11H,3-5,12H2,1-2H3. The van der Waals surface area contributed by atoms with Crippen LogP contribution in [0.15, 0.2) is 36.4 Å².